The Kier molecular flexibility index (Phi) is 4.50. The van der Waals surface area contributed by atoms with Gasteiger partial charge in [0.15, 0.2) is 17.5 Å². The molecule has 0 saturated heterocycles. The Hall–Kier alpha value is -3.36. The van der Waals surface area contributed by atoms with E-state index in [-0.39, 0.29) is 18.0 Å². The molecule has 144 valence electrons. The summed E-state index contributed by atoms with van der Waals surface area (Å²) >= 11 is 0. The first-order chi connectivity index (χ1) is 13.5. The van der Waals surface area contributed by atoms with Gasteiger partial charge in [0.2, 0.25) is 5.91 Å². The van der Waals surface area contributed by atoms with E-state index >= 15 is 0 Å². The van der Waals surface area contributed by atoms with Crippen molar-refractivity contribution in [3.05, 3.63) is 36.8 Å². The summed E-state index contributed by atoms with van der Waals surface area (Å²) in [5.74, 6) is 2.07. The number of pyridine rings is 1. The van der Waals surface area contributed by atoms with Crippen LogP contribution in [0.1, 0.15) is 46.0 Å². The number of hydrogen-bond donors (Lipinski definition) is 1. The summed E-state index contributed by atoms with van der Waals surface area (Å²) in [6.45, 7) is 7.86. The average Bonchev–Trinajstić information content (AvgIpc) is 3.16. The largest absolute Gasteiger partial charge is 0.342 e. The second-order valence-corrected chi connectivity index (χ2v) is 6.99. The molecule has 1 aliphatic heterocycles. The van der Waals surface area contributed by atoms with Gasteiger partial charge in [-0.1, -0.05) is 6.92 Å². The fourth-order valence-electron chi connectivity index (χ4n) is 3.65. The lowest BCUT2D eigenvalue weighted by atomic mass is 10.1. The van der Waals surface area contributed by atoms with Gasteiger partial charge < -0.3 is 10.2 Å². The van der Waals surface area contributed by atoms with Gasteiger partial charge in [0, 0.05) is 24.7 Å². The van der Waals surface area contributed by atoms with E-state index < -0.39 is 0 Å². The van der Waals surface area contributed by atoms with Crippen molar-refractivity contribution >= 4 is 17.4 Å². The molecule has 28 heavy (non-hydrogen) atoms. The van der Waals surface area contributed by atoms with Crippen LogP contribution in [-0.2, 0) is 4.79 Å². The molecule has 0 spiro atoms. The third-order valence-corrected chi connectivity index (χ3v) is 4.78. The Morgan fingerprint density at radius 2 is 2.14 bits per heavy atom. The summed E-state index contributed by atoms with van der Waals surface area (Å²) in [5.41, 5.74) is 2.15. The number of aromatic nitrogens is 6. The number of nitrogens with one attached hydrogen (secondary N) is 1. The fraction of sp³-hybridized carbons (Fsp3) is 0.368. The van der Waals surface area contributed by atoms with Gasteiger partial charge in [0.25, 0.3) is 0 Å². The number of carbonyl (C=O) groups excluding carboxylic acids is 1. The fourth-order valence-corrected chi connectivity index (χ4v) is 3.65. The third kappa shape index (κ3) is 2.88. The van der Waals surface area contributed by atoms with Gasteiger partial charge in [-0.25, -0.2) is 9.97 Å². The van der Waals surface area contributed by atoms with Crippen LogP contribution in [0.15, 0.2) is 31.0 Å². The van der Waals surface area contributed by atoms with Crippen LogP contribution in [0.2, 0.25) is 0 Å². The SMILES string of the molecule is CCC1c2nncn2-c2cnc(-c3ccncc3NC(C)=O)nc2N1C(C)C. The number of amides is 1. The third-order valence-electron chi connectivity index (χ3n) is 4.78. The molecule has 0 radical (unpaired) electrons. The Bertz CT molecular complexity index is 1030. The zero-order chi connectivity index (χ0) is 19.8. The Morgan fingerprint density at radius 3 is 2.86 bits per heavy atom. The lowest BCUT2D eigenvalue weighted by molar-refractivity contribution is -0.114. The van der Waals surface area contributed by atoms with Crippen molar-refractivity contribution < 1.29 is 4.79 Å². The van der Waals surface area contributed by atoms with Crippen LogP contribution in [0.25, 0.3) is 17.1 Å². The highest BCUT2D eigenvalue weighted by molar-refractivity contribution is 5.93. The first-order valence-electron chi connectivity index (χ1n) is 9.28. The van der Waals surface area contributed by atoms with Crippen molar-refractivity contribution in [3.8, 4) is 17.1 Å². The minimum absolute atomic E-state index is 0.0741. The van der Waals surface area contributed by atoms with E-state index in [2.05, 4.69) is 51.2 Å². The van der Waals surface area contributed by atoms with Crippen molar-refractivity contribution in [2.75, 3.05) is 10.2 Å². The summed E-state index contributed by atoms with van der Waals surface area (Å²) in [5, 5.41) is 11.2. The highest BCUT2D eigenvalue weighted by Crippen LogP contribution is 2.40. The number of anilines is 2. The maximum atomic E-state index is 11.6. The van der Waals surface area contributed by atoms with E-state index in [4.69, 9.17) is 4.98 Å². The van der Waals surface area contributed by atoms with Crippen LogP contribution in [0.4, 0.5) is 11.5 Å². The quantitative estimate of drug-likeness (QED) is 0.745. The summed E-state index contributed by atoms with van der Waals surface area (Å²) in [7, 11) is 0. The molecule has 1 amide bonds. The van der Waals surface area contributed by atoms with E-state index in [1.807, 2.05) is 4.57 Å². The number of rotatable bonds is 4. The van der Waals surface area contributed by atoms with Crippen LogP contribution in [0.3, 0.4) is 0 Å². The van der Waals surface area contributed by atoms with E-state index in [9.17, 15) is 4.79 Å². The van der Waals surface area contributed by atoms with Crippen molar-refractivity contribution in [2.24, 2.45) is 0 Å². The van der Waals surface area contributed by atoms with Gasteiger partial charge in [-0.3, -0.25) is 14.3 Å². The zero-order valence-corrected chi connectivity index (χ0v) is 16.3. The number of hydrogen-bond acceptors (Lipinski definition) is 7. The van der Waals surface area contributed by atoms with Gasteiger partial charge in [0.05, 0.1) is 24.1 Å². The van der Waals surface area contributed by atoms with Crippen LogP contribution in [0.5, 0.6) is 0 Å². The van der Waals surface area contributed by atoms with E-state index in [1.165, 1.54) is 6.92 Å². The maximum absolute atomic E-state index is 11.6. The predicted octanol–water partition coefficient (Wildman–Crippen LogP) is 2.76. The lowest BCUT2D eigenvalue weighted by Gasteiger charge is -2.39. The van der Waals surface area contributed by atoms with Crippen molar-refractivity contribution in [1.82, 2.24) is 29.7 Å². The molecule has 4 heterocycles. The summed E-state index contributed by atoms with van der Waals surface area (Å²) < 4.78 is 1.95. The Balaban J connectivity index is 1.89. The molecule has 9 nitrogen and oxygen atoms in total. The van der Waals surface area contributed by atoms with Gasteiger partial charge >= 0.3 is 0 Å². The minimum atomic E-state index is -0.170. The summed E-state index contributed by atoms with van der Waals surface area (Å²) in [6, 6.07) is 2.09. The first-order valence-corrected chi connectivity index (χ1v) is 9.28. The van der Waals surface area contributed by atoms with Crippen LogP contribution >= 0.6 is 0 Å². The lowest BCUT2D eigenvalue weighted by Crippen LogP contribution is -2.40. The number of carbonyl (C=O) groups is 1. The monoisotopic (exact) mass is 378 g/mol. The second-order valence-electron chi connectivity index (χ2n) is 6.99. The number of fused-ring (bicyclic) bond motifs is 3. The molecule has 0 saturated carbocycles. The Labute approximate surface area is 162 Å². The van der Waals surface area contributed by atoms with Crippen molar-refractivity contribution in [2.45, 2.75) is 46.2 Å². The molecule has 0 bridgehead atoms. The topological polar surface area (TPSA) is 102 Å². The van der Waals surface area contributed by atoms with Crippen LogP contribution in [-0.4, -0.2) is 41.7 Å². The van der Waals surface area contributed by atoms with Gasteiger partial charge in [0.1, 0.15) is 12.0 Å². The minimum Gasteiger partial charge on any atom is -0.342 e. The highest BCUT2D eigenvalue weighted by Gasteiger charge is 2.35. The second kappa shape index (κ2) is 6.99. The molecule has 0 aliphatic carbocycles. The maximum Gasteiger partial charge on any atom is 0.221 e. The van der Waals surface area contributed by atoms with Gasteiger partial charge in [-0.2, -0.15) is 0 Å². The molecular formula is C19H22N8O. The predicted molar refractivity (Wildman–Crippen MR) is 105 cm³/mol. The Morgan fingerprint density at radius 1 is 1.32 bits per heavy atom. The highest BCUT2D eigenvalue weighted by atomic mass is 16.1. The van der Waals surface area contributed by atoms with E-state index in [0.717, 1.165) is 29.3 Å². The molecule has 0 fully saturated rings. The van der Waals surface area contributed by atoms with Crippen LogP contribution in [0, 0.1) is 0 Å². The molecule has 3 aromatic rings. The molecule has 1 aliphatic rings. The molecular weight excluding hydrogens is 356 g/mol. The summed E-state index contributed by atoms with van der Waals surface area (Å²) in [4.78, 5) is 27.4. The van der Waals surface area contributed by atoms with E-state index in [0.29, 0.717) is 11.5 Å². The van der Waals surface area contributed by atoms with Crippen molar-refractivity contribution in [1.29, 1.82) is 0 Å². The molecule has 0 aromatic carbocycles. The molecule has 1 N–H and O–H groups in total. The van der Waals surface area contributed by atoms with Crippen LogP contribution < -0.4 is 10.2 Å². The van der Waals surface area contributed by atoms with Gasteiger partial charge in [-0.05, 0) is 26.3 Å². The van der Waals surface area contributed by atoms with Gasteiger partial charge in [-0.15, -0.1) is 10.2 Å². The zero-order valence-electron chi connectivity index (χ0n) is 16.3. The molecule has 4 rings (SSSR count). The number of nitrogens with zero attached hydrogens (tertiary/aromatic N) is 7. The van der Waals surface area contributed by atoms with E-state index in [1.54, 1.807) is 31.0 Å². The standard InChI is InChI=1S/C19H22N8O/c1-5-15-19-25-22-10-26(19)16-9-21-17(24-18(16)27(15)11(2)3)13-6-7-20-8-14(13)23-12(4)28/h6-11,15H,5H2,1-4H3,(H,23,28). The molecule has 1 atom stereocenters. The molecule has 1 unspecified atom stereocenters. The summed E-state index contributed by atoms with van der Waals surface area (Å²) in [6.07, 6.45) is 7.63. The average molecular weight is 378 g/mol. The first kappa shape index (κ1) is 18.0. The van der Waals surface area contributed by atoms with Crippen molar-refractivity contribution in [3.63, 3.8) is 0 Å². The molecule has 9 heteroatoms. The normalized spacial score (nSPS) is 15.3. The smallest absolute Gasteiger partial charge is 0.221 e. The molecule has 3 aromatic heterocycles.